The second-order valence-electron chi connectivity index (χ2n) is 5.37. The summed E-state index contributed by atoms with van der Waals surface area (Å²) in [5.41, 5.74) is 2.31. The normalized spacial score (nSPS) is 13.5. The van der Waals surface area contributed by atoms with Crippen LogP contribution in [0.5, 0.6) is 5.75 Å². The third-order valence-electron chi connectivity index (χ3n) is 4.01. The number of methoxy groups -OCH3 is 1. The van der Waals surface area contributed by atoms with E-state index in [0.717, 1.165) is 11.3 Å². The van der Waals surface area contributed by atoms with Crippen LogP contribution in [0.25, 0.3) is 0 Å². The van der Waals surface area contributed by atoms with Gasteiger partial charge in [-0.1, -0.05) is 6.07 Å². The molecule has 0 aliphatic carbocycles. The van der Waals surface area contributed by atoms with Crippen LogP contribution in [-0.2, 0) is 19.5 Å². The van der Waals surface area contributed by atoms with Crippen molar-refractivity contribution in [2.45, 2.75) is 19.5 Å². The summed E-state index contributed by atoms with van der Waals surface area (Å²) in [7, 11) is 1.56. The molecular formula is C16H17N3O4. The summed E-state index contributed by atoms with van der Waals surface area (Å²) in [4.78, 5) is 29.0. The van der Waals surface area contributed by atoms with Crippen LogP contribution in [0, 0.1) is 0 Å². The third kappa shape index (κ3) is 3.03. The molecule has 0 bridgehead atoms. The number of ether oxygens (including phenoxy) is 1. The van der Waals surface area contributed by atoms with Crippen molar-refractivity contribution in [1.29, 1.82) is 0 Å². The maximum Gasteiger partial charge on any atom is 0.407 e. The predicted molar refractivity (Wildman–Crippen MR) is 82.7 cm³/mol. The molecular weight excluding hydrogens is 298 g/mol. The van der Waals surface area contributed by atoms with Gasteiger partial charge in [0.2, 0.25) is 0 Å². The van der Waals surface area contributed by atoms with Crippen LogP contribution >= 0.6 is 0 Å². The van der Waals surface area contributed by atoms with E-state index in [1.165, 1.54) is 11.0 Å². The molecule has 2 aromatic rings. The van der Waals surface area contributed by atoms with Gasteiger partial charge in [-0.3, -0.25) is 9.78 Å². The Morgan fingerprint density at radius 3 is 2.83 bits per heavy atom. The molecule has 0 aromatic carbocycles. The Morgan fingerprint density at radius 1 is 1.35 bits per heavy atom. The van der Waals surface area contributed by atoms with Crippen LogP contribution in [0.15, 0.2) is 35.3 Å². The van der Waals surface area contributed by atoms with Gasteiger partial charge in [-0.2, -0.15) is 0 Å². The topological polar surface area (TPSA) is 84.7 Å². The van der Waals surface area contributed by atoms with Gasteiger partial charge in [0, 0.05) is 18.3 Å². The smallest absolute Gasteiger partial charge is 0.407 e. The summed E-state index contributed by atoms with van der Waals surface area (Å²) in [5, 5.41) is 9.18. The first-order valence-electron chi connectivity index (χ1n) is 7.27. The molecule has 0 spiro atoms. The van der Waals surface area contributed by atoms with E-state index in [0.29, 0.717) is 31.0 Å². The lowest BCUT2D eigenvalue weighted by Crippen LogP contribution is -2.39. The standard InChI is InChI=1S/C16H17N3O4/c1-23-13-4-3-12(17-8-13)9-19-14-10-18(16(21)22)7-6-11(14)2-5-15(19)20/h2-5,8H,6-7,9-10H2,1H3,(H,21,22). The van der Waals surface area contributed by atoms with Gasteiger partial charge < -0.3 is 19.3 Å². The zero-order valence-electron chi connectivity index (χ0n) is 12.7. The van der Waals surface area contributed by atoms with Crippen molar-refractivity contribution >= 4 is 6.09 Å². The van der Waals surface area contributed by atoms with Crippen molar-refractivity contribution in [2.24, 2.45) is 0 Å². The highest BCUT2D eigenvalue weighted by Gasteiger charge is 2.23. The zero-order chi connectivity index (χ0) is 16.4. The summed E-state index contributed by atoms with van der Waals surface area (Å²) in [6.45, 7) is 0.970. The molecule has 1 N–H and O–H groups in total. The Balaban J connectivity index is 1.95. The number of amides is 1. The van der Waals surface area contributed by atoms with Gasteiger partial charge in [-0.25, -0.2) is 4.79 Å². The van der Waals surface area contributed by atoms with Gasteiger partial charge in [0.25, 0.3) is 5.56 Å². The minimum atomic E-state index is -0.971. The van der Waals surface area contributed by atoms with E-state index in [-0.39, 0.29) is 12.1 Å². The number of rotatable bonds is 3. The third-order valence-corrected chi connectivity index (χ3v) is 4.01. The van der Waals surface area contributed by atoms with Crippen molar-refractivity contribution in [3.05, 3.63) is 57.8 Å². The van der Waals surface area contributed by atoms with E-state index in [1.807, 2.05) is 0 Å². The number of pyridine rings is 2. The van der Waals surface area contributed by atoms with E-state index in [4.69, 9.17) is 4.74 Å². The molecule has 0 fully saturated rings. The quantitative estimate of drug-likeness (QED) is 0.924. The molecule has 0 unspecified atom stereocenters. The van der Waals surface area contributed by atoms with Crippen LogP contribution in [0.2, 0.25) is 0 Å². The van der Waals surface area contributed by atoms with Crippen molar-refractivity contribution < 1.29 is 14.6 Å². The van der Waals surface area contributed by atoms with Gasteiger partial charge in [0.15, 0.2) is 0 Å². The lowest BCUT2D eigenvalue weighted by molar-refractivity contribution is 0.138. The van der Waals surface area contributed by atoms with Crippen molar-refractivity contribution in [3.63, 3.8) is 0 Å². The minimum Gasteiger partial charge on any atom is -0.495 e. The molecule has 3 heterocycles. The molecule has 1 aliphatic rings. The number of hydrogen-bond acceptors (Lipinski definition) is 4. The average molecular weight is 315 g/mol. The first kappa shape index (κ1) is 15.1. The van der Waals surface area contributed by atoms with Gasteiger partial charge in [-0.05, 0) is 24.1 Å². The molecule has 1 amide bonds. The van der Waals surface area contributed by atoms with Gasteiger partial charge in [-0.15, -0.1) is 0 Å². The Labute approximate surface area is 132 Å². The Hall–Kier alpha value is -2.83. The summed E-state index contributed by atoms with van der Waals surface area (Å²) in [5.74, 6) is 0.647. The summed E-state index contributed by atoms with van der Waals surface area (Å²) in [6.07, 6.45) is 1.23. The Morgan fingerprint density at radius 2 is 2.17 bits per heavy atom. The summed E-state index contributed by atoms with van der Waals surface area (Å²) < 4.78 is 6.67. The van der Waals surface area contributed by atoms with Crippen LogP contribution in [0.3, 0.4) is 0 Å². The number of fused-ring (bicyclic) bond motifs is 1. The van der Waals surface area contributed by atoms with Crippen LogP contribution in [-0.4, -0.2) is 39.3 Å². The van der Waals surface area contributed by atoms with E-state index < -0.39 is 6.09 Å². The number of aromatic nitrogens is 2. The Bertz CT molecular complexity index is 783. The van der Waals surface area contributed by atoms with Crippen LogP contribution in [0.1, 0.15) is 17.0 Å². The van der Waals surface area contributed by atoms with Crippen LogP contribution in [0.4, 0.5) is 4.79 Å². The van der Waals surface area contributed by atoms with Crippen LogP contribution < -0.4 is 10.3 Å². The maximum atomic E-state index is 12.2. The monoisotopic (exact) mass is 315 g/mol. The minimum absolute atomic E-state index is 0.159. The average Bonchev–Trinajstić information content (AvgIpc) is 2.57. The number of nitrogens with zero attached hydrogens (tertiary/aromatic N) is 3. The number of hydrogen-bond donors (Lipinski definition) is 1. The second-order valence-corrected chi connectivity index (χ2v) is 5.37. The van der Waals surface area contributed by atoms with Gasteiger partial charge in [0.1, 0.15) is 5.75 Å². The maximum absolute atomic E-state index is 12.2. The molecule has 120 valence electrons. The predicted octanol–water partition coefficient (Wildman–Crippen LogP) is 1.34. The molecule has 7 heteroatoms. The fraction of sp³-hybridized carbons (Fsp3) is 0.312. The molecule has 0 radical (unpaired) electrons. The molecule has 0 atom stereocenters. The van der Waals surface area contributed by atoms with Gasteiger partial charge >= 0.3 is 6.09 Å². The molecule has 0 saturated carbocycles. The van der Waals surface area contributed by atoms with E-state index in [9.17, 15) is 14.7 Å². The lowest BCUT2D eigenvalue weighted by Gasteiger charge is -2.28. The van der Waals surface area contributed by atoms with E-state index in [2.05, 4.69) is 4.98 Å². The number of carbonyl (C=O) groups is 1. The fourth-order valence-corrected chi connectivity index (χ4v) is 2.72. The lowest BCUT2D eigenvalue weighted by atomic mass is 10.0. The van der Waals surface area contributed by atoms with Crippen molar-refractivity contribution in [1.82, 2.24) is 14.5 Å². The Kier molecular flexibility index (Phi) is 4.01. The molecule has 2 aromatic heterocycles. The molecule has 0 saturated heterocycles. The molecule has 3 rings (SSSR count). The highest BCUT2D eigenvalue weighted by atomic mass is 16.5. The fourth-order valence-electron chi connectivity index (χ4n) is 2.72. The first-order chi connectivity index (χ1) is 11.1. The molecule has 23 heavy (non-hydrogen) atoms. The summed E-state index contributed by atoms with van der Waals surface area (Å²) in [6, 6.07) is 6.89. The highest BCUT2D eigenvalue weighted by Crippen LogP contribution is 2.18. The first-order valence-corrected chi connectivity index (χ1v) is 7.27. The van der Waals surface area contributed by atoms with Crippen molar-refractivity contribution in [2.75, 3.05) is 13.7 Å². The van der Waals surface area contributed by atoms with Gasteiger partial charge in [0.05, 0.1) is 32.1 Å². The largest absolute Gasteiger partial charge is 0.495 e. The number of carboxylic acid groups (broad SMARTS) is 1. The molecule has 1 aliphatic heterocycles. The van der Waals surface area contributed by atoms with E-state index in [1.54, 1.807) is 36.1 Å². The summed E-state index contributed by atoms with van der Waals surface area (Å²) >= 11 is 0. The molecule has 7 nitrogen and oxygen atoms in total. The SMILES string of the molecule is COc1ccc(Cn2c3c(ccc2=O)CCN(C(=O)O)C3)nc1. The highest BCUT2D eigenvalue weighted by molar-refractivity contribution is 5.65. The second kappa shape index (κ2) is 6.12. The zero-order valence-corrected chi connectivity index (χ0v) is 12.7. The van der Waals surface area contributed by atoms with E-state index >= 15 is 0 Å². The van der Waals surface area contributed by atoms with Crippen molar-refractivity contribution in [3.8, 4) is 5.75 Å².